The van der Waals surface area contributed by atoms with E-state index in [0.717, 1.165) is 6.08 Å². The third-order valence-electron chi connectivity index (χ3n) is 2.50. The van der Waals surface area contributed by atoms with Crippen molar-refractivity contribution in [3.63, 3.8) is 0 Å². The standard InChI is InChI=1S/C13H10BrFO4/c14-9-2-3-10(15)8(7-9)1-4-12(16)19-11-5-6-18-13(11)17/h1-4,7,11H,5-6H2/b4-1+/t11-/m1/s1. The zero-order valence-electron chi connectivity index (χ0n) is 9.77. The fourth-order valence-electron chi connectivity index (χ4n) is 1.56. The van der Waals surface area contributed by atoms with Crippen LogP contribution in [0.4, 0.5) is 4.39 Å². The van der Waals surface area contributed by atoms with Crippen LogP contribution in [0, 0.1) is 5.82 Å². The van der Waals surface area contributed by atoms with E-state index in [9.17, 15) is 14.0 Å². The Hall–Kier alpha value is -1.69. The van der Waals surface area contributed by atoms with Crippen molar-refractivity contribution in [2.75, 3.05) is 6.61 Å². The van der Waals surface area contributed by atoms with Crippen molar-refractivity contribution in [1.29, 1.82) is 0 Å². The Morgan fingerprint density at radius 2 is 2.32 bits per heavy atom. The topological polar surface area (TPSA) is 52.6 Å². The van der Waals surface area contributed by atoms with E-state index in [0.29, 0.717) is 10.9 Å². The number of esters is 2. The van der Waals surface area contributed by atoms with Crippen molar-refractivity contribution in [2.45, 2.75) is 12.5 Å². The van der Waals surface area contributed by atoms with E-state index in [2.05, 4.69) is 20.7 Å². The molecule has 19 heavy (non-hydrogen) atoms. The van der Waals surface area contributed by atoms with Crippen molar-refractivity contribution in [2.24, 2.45) is 0 Å². The van der Waals surface area contributed by atoms with Gasteiger partial charge in [-0.15, -0.1) is 0 Å². The van der Waals surface area contributed by atoms with Crippen LogP contribution >= 0.6 is 15.9 Å². The van der Waals surface area contributed by atoms with Gasteiger partial charge >= 0.3 is 11.9 Å². The Bertz CT molecular complexity index is 541. The molecule has 0 unspecified atom stereocenters. The molecule has 0 spiro atoms. The van der Waals surface area contributed by atoms with Gasteiger partial charge in [0.15, 0.2) is 0 Å². The zero-order chi connectivity index (χ0) is 13.8. The normalized spacial score (nSPS) is 18.6. The van der Waals surface area contributed by atoms with Gasteiger partial charge in [-0.2, -0.15) is 0 Å². The molecule has 4 nitrogen and oxygen atoms in total. The molecule has 1 heterocycles. The number of hydrogen-bond donors (Lipinski definition) is 0. The minimum Gasteiger partial charge on any atom is -0.463 e. The molecule has 100 valence electrons. The summed E-state index contributed by atoms with van der Waals surface area (Å²) in [5.41, 5.74) is 0.250. The van der Waals surface area contributed by atoms with Gasteiger partial charge in [0, 0.05) is 22.5 Å². The number of hydrogen-bond acceptors (Lipinski definition) is 4. The lowest BCUT2D eigenvalue weighted by Gasteiger charge is -2.05. The van der Waals surface area contributed by atoms with E-state index < -0.39 is 23.9 Å². The third-order valence-corrected chi connectivity index (χ3v) is 3.00. The van der Waals surface area contributed by atoms with Gasteiger partial charge in [0.05, 0.1) is 6.61 Å². The lowest BCUT2D eigenvalue weighted by atomic mass is 10.2. The molecule has 0 amide bonds. The highest BCUT2D eigenvalue weighted by Crippen LogP contribution is 2.17. The van der Waals surface area contributed by atoms with Gasteiger partial charge in [0.2, 0.25) is 6.10 Å². The number of carbonyl (C=O) groups is 2. The molecule has 1 aromatic rings. The number of carbonyl (C=O) groups excluding carboxylic acids is 2. The molecule has 2 rings (SSSR count). The second kappa shape index (κ2) is 5.97. The monoisotopic (exact) mass is 328 g/mol. The van der Waals surface area contributed by atoms with E-state index in [1.807, 2.05) is 0 Å². The van der Waals surface area contributed by atoms with Crippen LogP contribution in [0.25, 0.3) is 6.08 Å². The lowest BCUT2D eigenvalue weighted by molar-refractivity contribution is -0.156. The van der Waals surface area contributed by atoms with Crippen molar-refractivity contribution < 1.29 is 23.5 Å². The Morgan fingerprint density at radius 3 is 3.00 bits per heavy atom. The quantitative estimate of drug-likeness (QED) is 0.631. The molecule has 1 aromatic carbocycles. The van der Waals surface area contributed by atoms with Crippen LogP contribution in [0.2, 0.25) is 0 Å². The first-order valence-electron chi connectivity index (χ1n) is 5.56. The highest BCUT2D eigenvalue weighted by Gasteiger charge is 2.29. The first-order valence-corrected chi connectivity index (χ1v) is 6.36. The SMILES string of the molecule is O=C(/C=C/c1cc(Br)ccc1F)O[C@@H]1CCOC1=O. The predicted octanol–water partition coefficient (Wildman–Crippen LogP) is 2.46. The molecule has 6 heteroatoms. The second-order valence-electron chi connectivity index (χ2n) is 3.88. The Morgan fingerprint density at radius 1 is 1.53 bits per heavy atom. The number of rotatable bonds is 3. The summed E-state index contributed by atoms with van der Waals surface area (Å²) in [6.45, 7) is 0.251. The summed E-state index contributed by atoms with van der Waals surface area (Å²) in [5, 5.41) is 0. The Labute approximate surface area is 117 Å². The summed E-state index contributed by atoms with van der Waals surface area (Å²) in [5.74, 6) is -1.70. The van der Waals surface area contributed by atoms with Crippen molar-refractivity contribution in [3.05, 3.63) is 40.1 Å². The molecule has 1 fully saturated rings. The summed E-state index contributed by atoms with van der Waals surface area (Å²) >= 11 is 3.20. The van der Waals surface area contributed by atoms with Gasteiger partial charge in [-0.05, 0) is 24.3 Å². The number of cyclic esters (lactones) is 1. The molecular formula is C13H10BrFO4. The van der Waals surface area contributed by atoms with E-state index >= 15 is 0 Å². The minimum atomic E-state index is -0.857. The fourth-order valence-corrected chi connectivity index (χ4v) is 1.94. The van der Waals surface area contributed by atoms with Crippen LogP contribution in [0.3, 0.4) is 0 Å². The highest BCUT2D eigenvalue weighted by molar-refractivity contribution is 9.10. The van der Waals surface area contributed by atoms with Gasteiger partial charge in [-0.3, -0.25) is 0 Å². The van der Waals surface area contributed by atoms with Crippen LogP contribution in [0.15, 0.2) is 28.7 Å². The predicted molar refractivity (Wildman–Crippen MR) is 68.6 cm³/mol. The third kappa shape index (κ3) is 3.64. The van der Waals surface area contributed by atoms with Gasteiger partial charge in [-0.25, -0.2) is 14.0 Å². The first kappa shape index (κ1) is 13.7. The van der Waals surface area contributed by atoms with Gasteiger partial charge < -0.3 is 9.47 Å². The summed E-state index contributed by atoms with van der Waals surface area (Å²) in [4.78, 5) is 22.6. The Kier molecular flexibility index (Phi) is 4.31. The smallest absolute Gasteiger partial charge is 0.347 e. The summed E-state index contributed by atoms with van der Waals surface area (Å²) < 4.78 is 23.6. The maximum Gasteiger partial charge on any atom is 0.347 e. The molecule has 1 atom stereocenters. The van der Waals surface area contributed by atoms with Crippen LogP contribution < -0.4 is 0 Å². The first-order chi connectivity index (χ1) is 9.06. The van der Waals surface area contributed by atoms with E-state index in [-0.39, 0.29) is 12.2 Å². The molecular weight excluding hydrogens is 319 g/mol. The van der Waals surface area contributed by atoms with Gasteiger partial charge in [-0.1, -0.05) is 15.9 Å². The van der Waals surface area contributed by atoms with Crippen LogP contribution in [-0.4, -0.2) is 24.6 Å². The highest BCUT2D eigenvalue weighted by atomic mass is 79.9. The largest absolute Gasteiger partial charge is 0.463 e. The average Bonchev–Trinajstić information content (AvgIpc) is 2.76. The van der Waals surface area contributed by atoms with E-state index in [1.165, 1.54) is 18.2 Å². The lowest BCUT2D eigenvalue weighted by Crippen LogP contribution is -2.21. The van der Waals surface area contributed by atoms with Gasteiger partial charge in [0.1, 0.15) is 5.82 Å². The summed E-state index contributed by atoms with van der Waals surface area (Å²) in [6.07, 6.45) is 1.87. The van der Waals surface area contributed by atoms with E-state index in [4.69, 9.17) is 4.74 Å². The maximum atomic E-state index is 13.4. The Balaban J connectivity index is 2.00. The molecule has 0 aliphatic carbocycles. The number of halogens is 2. The molecule has 0 radical (unpaired) electrons. The number of ether oxygens (including phenoxy) is 2. The van der Waals surface area contributed by atoms with E-state index in [1.54, 1.807) is 6.07 Å². The fraction of sp³-hybridized carbons (Fsp3) is 0.231. The maximum absolute atomic E-state index is 13.4. The number of benzene rings is 1. The van der Waals surface area contributed by atoms with Crippen molar-refractivity contribution in [3.8, 4) is 0 Å². The molecule has 1 aliphatic heterocycles. The van der Waals surface area contributed by atoms with Crippen LogP contribution in [0.1, 0.15) is 12.0 Å². The minimum absolute atomic E-state index is 0.250. The second-order valence-corrected chi connectivity index (χ2v) is 4.80. The van der Waals surface area contributed by atoms with Crippen LogP contribution in [0.5, 0.6) is 0 Å². The molecule has 1 saturated heterocycles. The van der Waals surface area contributed by atoms with Crippen molar-refractivity contribution in [1.82, 2.24) is 0 Å². The molecule has 0 N–H and O–H groups in total. The van der Waals surface area contributed by atoms with Crippen molar-refractivity contribution >= 4 is 33.9 Å². The van der Waals surface area contributed by atoms with Crippen LogP contribution in [-0.2, 0) is 19.1 Å². The zero-order valence-corrected chi connectivity index (χ0v) is 11.4. The molecule has 0 aromatic heterocycles. The van der Waals surface area contributed by atoms with Gasteiger partial charge in [0.25, 0.3) is 0 Å². The molecule has 0 bridgehead atoms. The molecule has 0 saturated carbocycles. The summed E-state index contributed by atoms with van der Waals surface area (Å²) in [6, 6.07) is 4.37. The summed E-state index contributed by atoms with van der Waals surface area (Å²) in [7, 11) is 0. The average molecular weight is 329 g/mol. The molecule has 1 aliphatic rings.